The molecule has 1 aliphatic carbocycles. The number of halogens is 1. The highest BCUT2D eigenvalue weighted by atomic mass is 79.9. The summed E-state index contributed by atoms with van der Waals surface area (Å²) < 4.78 is 0. The minimum absolute atomic E-state index is 0.0296. The van der Waals surface area contributed by atoms with Crippen LogP contribution in [-0.4, -0.2) is 33.6 Å². The Hall–Kier alpha value is -1.43. The van der Waals surface area contributed by atoms with Gasteiger partial charge in [0.15, 0.2) is 0 Å². The molecule has 114 valence electrons. The maximum absolute atomic E-state index is 12.8. The summed E-state index contributed by atoms with van der Waals surface area (Å²) in [7, 11) is 0. The Morgan fingerprint density at radius 3 is 2.71 bits per heavy atom. The van der Waals surface area contributed by atoms with Crippen LogP contribution in [0.15, 0.2) is 18.2 Å². The quantitative estimate of drug-likeness (QED) is 0.444. The molecule has 0 saturated heterocycles. The van der Waals surface area contributed by atoms with Gasteiger partial charge in [0.25, 0.3) is 11.6 Å². The van der Waals surface area contributed by atoms with E-state index in [4.69, 9.17) is 0 Å². The molecule has 0 atom stereocenters. The molecule has 0 unspecified atom stereocenters. The number of carbonyl (C=O) groups excluding carboxylic acids is 1. The number of hydrogen-bond donors (Lipinski definition) is 0. The van der Waals surface area contributed by atoms with Crippen molar-refractivity contribution in [2.45, 2.75) is 38.6 Å². The third-order valence-electron chi connectivity index (χ3n) is 3.97. The zero-order valence-electron chi connectivity index (χ0n) is 12.0. The van der Waals surface area contributed by atoms with Crippen LogP contribution in [-0.2, 0) is 0 Å². The molecule has 1 fully saturated rings. The minimum atomic E-state index is -0.456. The lowest BCUT2D eigenvalue weighted by molar-refractivity contribution is -0.384. The van der Waals surface area contributed by atoms with Crippen molar-refractivity contribution in [1.29, 1.82) is 0 Å². The third-order valence-corrected chi connectivity index (χ3v) is 4.53. The number of amides is 1. The van der Waals surface area contributed by atoms with Crippen molar-refractivity contribution in [1.82, 2.24) is 4.90 Å². The Labute approximate surface area is 132 Å². The van der Waals surface area contributed by atoms with E-state index < -0.39 is 4.92 Å². The molecule has 1 aromatic carbocycles. The molecule has 0 heterocycles. The largest absolute Gasteiger partial charge is 0.336 e. The van der Waals surface area contributed by atoms with Crippen LogP contribution in [0.2, 0.25) is 0 Å². The fourth-order valence-electron chi connectivity index (χ4n) is 2.49. The van der Waals surface area contributed by atoms with Crippen molar-refractivity contribution < 1.29 is 9.72 Å². The van der Waals surface area contributed by atoms with Gasteiger partial charge < -0.3 is 4.90 Å². The lowest BCUT2D eigenvalue weighted by atomic mass is 9.90. The molecule has 0 aliphatic heterocycles. The van der Waals surface area contributed by atoms with Crippen molar-refractivity contribution >= 4 is 27.5 Å². The second kappa shape index (κ2) is 7.02. The van der Waals surface area contributed by atoms with Crippen LogP contribution in [0.4, 0.5) is 5.69 Å². The molecular weight excluding hydrogens is 336 g/mol. The minimum Gasteiger partial charge on any atom is -0.336 e. The van der Waals surface area contributed by atoms with Crippen molar-refractivity contribution in [2.24, 2.45) is 0 Å². The maximum atomic E-state index is 12.8. The van der Waals surface area contributed by atoms with E-state index in [-0.39, 0.29) is 17.6 Å². The van der Waals surface area contributed by atoms with Crippen LogP contribution < -0.4 is 0 Å². The number of benzene rings is 1. The molecule has 0 aromatic heterocycles. The van der Waals surface area contributed by atoms with Crippen LogP contribution in [0.25, 0.3) is 0 Å². The fourth-order valence-corrected chi connectivity index (χ4v) is 2.74. The van der Waals surface area contributed by atoms with Gasteiger partial charge in [-0.05, 0) is 38.2 Å². The van der Waals surface area contributed by atoms with Crippen LogP contribution in [0.1, 0.15) is 41.6 Å². The van der Waals surface area contributed by atoms with Crippen molar-refractivity contribution in [3.05, 3.63) is 39.4 Å². The number of nitrogens with zero attached hydrogens (tertiary/aromatic N) is 2. The lowest BCUT2D eigenvalue weighted by Gasteiger charge is -2.38. The van der Waals surface area contributed by atoms with E-state index in [9.17, 15) is 14.9 Å². The Morgan fingerprint density at radius 1 is 1.48 bits per heavy atom. The third kappa shape index (κ3) is 3.61. The molecule has 6 heteroatoms. The van der Waals surface area contributed by atoms with E-state index in [1.54, 1.807) is 6.07 Å². The van der Waals surface area contributed by atoms with E-state index >= 15 is 0 Å². The number of nitro benzene ring substituents is 1. The molecule has 1 aliphatic rings. The van der Waals surface area contributed by atoms with E-state index in [1.165, 1.54) is 12.1 Å². The van der Waals surface area contributed by atoms with Gasteiger partial charge in [0, 0.05) is 35.6 Å². The van der Waals surface area contributed by atoms with E-state index in [0.29, 0.717) is 12.1 Å². The molecule has 0 radical (unpaired) electrons. The standard InChI is InChI=1S/C15H19BrN2O3/c1-11-6-7-13(18(20)21)10-14(11)15(19)17(9-3-8-16)12-4-2-5-12/h6-7,10,12H,2-5,8-9H2,1H3. The maximum Gasteiger partial charge on any atom is 0.270 e. The Morgan fingerprint density at radius 2 is 2.19 bits per heavy atom. The smallest absolute Gasteiger partial charge is 0.270 e. The Balaban J connectivity index is 2.26. The topological polar surface area (TPSA) is 63.5 Å². The van der Waals surface area contributed by atoms with Crippen LogP contribution in [0.3, 0.4) is 0 Å². The summed E-state index contributed by atoms with van der Waals surface area (Å²) in [6.07, 6.45) is 4.09. The van der Waals surface area contributed by atoms with Gasteiger partial charge >= 0.3 is 0 Å². The Bertz CT molecular complexity index is 544. The van der Waals surface area contributed by atoms with E-state index in [0.717, 1.165) is 36.6 Å². The molecule has 5 nitrogen and oxygen atoms in total. The first kappa shape index (κ1) is 15.9. The normalized spacial score (nSPS) is 14.6. The van der Waals surface area contributed by atoms with Gasteiger partial charge in [-0.2, -0.15) is 0 Å². The molecular formula is C15H19BrN2O3. The molecule has 1 amide bonds. The van der Waals surface area contributed by atoms with Crippen LogP contribution >= 0.6 is 15.9 Å². The van der Waals surface area contributed by atoms with Gasteiger partial charge in [-0.3, -0.25) is 14.9 Å². The van der Waals surface area contributed by atoms with E-state index in [2.05, 4.69) is 15.9 Å². The van der Waals surface area contributed by atoms with Crippen molar-refractivity contribution in [3.63, 3.8) is 0 Å². The molecule has 21 heavy (non-hydrogen) atoms. The van der Waals surface area contributed by atoms with Crippen LogP contribution in [0.5, 0.6) is 0 Å². The van der Waals surface area contributed by atoms with Crippen LogP contribution in [0, 0.1) is 17.0 Å². The number of carbonyl (C=O) groups is 1. The van der Waals surface area contributed by atoms with Gasteiger partial charge in [-0.25, -0.2) is 0 Å². The number of rotatable bonds is 6. The highest BCUT2D eigenvalue weighted by Crippen LogP contribution is 2.28. The highest BCUT2D eigenvalue weighted by Gasteiger charge is 2.30. The number of non-ortho nitro benzene ring substituents is 1. The number of aryl methyl sites for hydroxylation is 1. The average Bonchev–Trinajstić information content (AvgIpc) is 2.40. The number of alkyl halides is 1. The first-order chi connectivity index (χ1) is 10.0. The summed E-state index contributed by atoms with van der Waals surface area (Å²) in [5, 5.41) is 11.7. The van der Waals surface area contributed by atoms with Gasteiger partial charge in [-0.15, -0.1) is 0 Å². The molecule has 0 bridgehead atoms. The fraction of sp³-hybridized carbons (Fsp3) is 0.533. The second-order valence-corrected chi connectivity index (χ2v) is 6.18. The van der Waals surface area contributed by atoms with Gasteiger partial charge in [0.2, 0.25) is 0 Å². The zero-order valence-corrected chi connectivity index (χ0v) is 13.6. The van der Waals surface area contributed by atoms with Crippen molar-refractivity contribution in [3.8, 4) is 0 Å². The summed E-state index contributed by atoms with van der Waals surface area (Å²) in [6, 6.07) is 4.78. The summed E-state index contributed by atoms with van der Waals surface area (Å²) in [6.45, 7) is 2.51. The zero-order chi connectivity index (χ0) is 15.4. The summed E-state index contributed by atoms with van der Waals surface area (Å²) in [4.78, 5) is 25.1. The van der Waals surface area contributed by atoms with Gasteiger partial charge in [-0.1, -0.05) is 22.0 Å². The first-order valence-electron chi connectivity index (χ1n) is 7.16. The monoisotopic (exact) mass is 354 g/mol. The van der Waals surface area contributed by atoms with Crippen molar-refractivity contribution in [2.75, 3.05) is 11.9 Å². The van der Waals surface area contributed by atoms with E-state index in [1.807, 2.05) is 11.8 Å². The van der Waals surface area contributed by atoms with Gasteiger partial charge in [0.05, 0.1) is 4.92 Å². The number of nitro groups is 1. The number of hydrogen-bond acceptors (Lipinski definition) is 3. The first-order valence-corrected chi connectivity index (χ1v) is 8.28. The summed E-state index contributed by atoms with van der Waals surface area (Å²) >= 11 is 3.39. The molecule has 0 spiro atoms. The SMILES string of the molecule is Cc1ccc([N+](=O)[O-])cc1C(=O)N(CCCBr)C1CCC1. The summed E-state index contributed by atoms with van der Waals surface area (Å²) in [5.74, 6) is -0.0816. The molecule has 1 aromatic rings. The average molecular weight is 355 g/mol. The highest BCUT2D eigenvalue weighted by molar-refractivity contribution is 9.09. The Kier molecular flexibility index (Phi) is 5.33. The predicted molar refractivity (Wildman–Crippen MR) is 84.9 cm³/mol. The van der Waals surface area contributed by atoms with Gasteiger partial charge in [0.1, 0.15) is 0 Å². The summed E-state index contributed by atoms with van der Waals surface area (Å²) in [5.41, 5.74) is 1.21. The second-order valence-electron chi connectivity index (χ2n) is 5.38. The molecule has 1 saturated carbocycles. The molecule has 0 N–H and O–H groups in total. The lowest BCUT2D eigenvalue weighted by Crippen LogP contribution is -2.45. The molecule has 2 rings (SSSR count). The predicted octanol–water partition coefficient (Wildman–Crippen LogP) is 3.68.